The van der Waals surface area contributed by atoms with Crippen molar-refractivity contribution >= 4 is 6.09 Å². The van der Waals surface area contributed by atoms with E-state index in [9.17, 15) is 9.18 Å². The van der Waals surface area contributed by atoms with Gasteiger partial charge in [-0.25, -0.2) is 9.18 Å². The molecule has 0 aromatic heterocycles. The van der Waals surface area contributed by atoms with Gasteiger partial charge in [0.2, 0.25) is 0 Å². The van der Waals surface area contributed by atoms with Crippen molar-refractivity contribution in [3.8, 4) is 11.5 Å². The zero-order valence-electron chi connectivity index (χ0n) is 13.9. The minimum atomic E-state index is -0.312. The van der Waals surface area contributed by atoms with Gasteiger partial charge in [-0.3, -0.25) is 4.90 Å². The first-order valence-corrected chi connectivity index (χ1v) is 8.33. The lowest BCUT2D eigenvalue weighted by Crippen LogP contribution is -2.50. The zero-order valence-corrected chi connectivity index (χ0v) is 13.9. The lowest BCUT2D eigenvalue weighted by Gasteiger charge is -2.33. The molecule has 1 amide bonds. The largest absolute Gasteiger partial charge is 0.492 e. The number of carbonyl (C=O) groups is 1. The normalized spacial score (nSPS) is 15.0. The number of para-hydroxylation sites is 1. The maximum Gasteiger partial charge on any atom is 0.415 e. The molecule has 1 aliphatic heterocycles. The van der Waals surface area contributed by atoms with Crippen LogP contribution in [0.1, 0.15) is 0 Å². The van der Waals surface area contributed by atoms with Gasteiger partial charge >= 0.3 is 6.09 Å². The highest BCUT2D eigenvalue weighted by molar-refractivity contribution is 5.70. The molecule has 0 bridgehead atoms. The maximum absolute atomic E-state index is 12.8. The summed E-state index contributed by atoms with van der Waals surface area (Å²) in [5.41, 5.74) is 0. The Labute approximate surface area is 146 Å². The van der Waals surface area contributed by atoms with Crippen LogP contribution in [0.2, 0.25) is 0 Å². The van der Waals surface area contributed by atoms with Crippen molar-refractivity contribution in [1.29, 1.82) is 0 Å². The van der Waals surface area contributed by atoms with Gasteiger partial charge in [0.1, 0.15) is 23.9 Å². The van der Waals surface area contributed by atoms with Crippen LogP contribution in [-0.4, -0.2) is 55.2 Å². The molecule has 5 nitrogen and oxygen atoms in total. The molecule has 0 N–H and O–H groups in total. The van der Waals surface area contributed by atoms with Crippen molar-refractivity contribution in [2.45, 2.75) is 0 Å². The van der Waals surface area contributed by atoms with E-state index in [-0.39, 0.29) is 11.9 Å². The number of hydrogen-bond acceptors (Lipinski definition) is 4. The van der Waals surface area contributed by atoms with Crippen LogP contribution in [0.4, 0.5) is 9.18 Å². The van der Waals surface area contributed by atoms with Crippen LogP contribution in [0, 0.1) is 5.82 Å². The summed E-state index contributed by atoms with van der Waals surface area (Å²) in [5.74, 6) is 0.944. The van der Waals surface area contributed by atoms with Crippen molar-refractivity contribution in [2.24, 2.45) is 0 Å². The summed E-state index contributed by atoms with van der Waals surface area (Å²) in [6, 6.07) is 15.1. The monoisotopic (exact) mass is 344 g/mol. The molecule has 0 spiro atoms. The molecular formula is C19H21FN2O3. The van der Waals surface area contributed by atoms with Crippen LogP contribution >= 0.6 is 0 Å². The van der Waals surface area contributed by atoms with Crippen molar-refractivity contribution in [3.63, 3.8) is 0 Å². The fraction of sp³-hybridized carbons (Fsp3) is 0.316. The molecule has 1 saturated heterocycles. The summed E-state index contributed by atoms with van der Waals surface area (Å²) in [5, 5.41) is 0. The Hall–Kier alpha value is -2.60. The third-order valence-electron chi connectivity index (χ3n) is 4.07. The Morgan fingerprint density at radius 1 is 0.920 bits per heavy atom. The van der Waals surface area contributed by atoms with E-state index in [0.717, 1.165) is 19.6 Å². The van der Waals surface area contributed by atoms with Gasteiger partial charge in [0.05, 0.1) is 0 Å². The van der Waals surface area contributed by atoms with E-state index in [1.807, 2.05) is 18.2 Å². The molecule has 0 atom stereocenters. The van der Waals surface area contributed by atoms with E-state index < -0.39 is 0 Å². The van der Waals surface area contributed by atoms with E-state index in [0.29, 0.717) is 31.2 Å². The Kier molecular flexibility index (Phi) is 5.85. The first-order valence-electron chi connectivity index (χ1n) is 8.33. The molecular weight excluding hydrogens is 323 g/mol. The van der Waals surface area contributed by atoms with Crippen molar-refractivity contribution in [3.05, 3.63) is 60.4 Å². The molecule has 6 heteroatoms. The number of halogens is 1. The van der Waals surface area contributed by atoms with Crippen LogP contribution in [0.15, 0.2) is 54.6 Å². The quantitative estimate of drug-likeness (QED) is 0.836. The fourth-order valence-electron chi connectivity index (χ4n) is 2.63. The highest BCUT2D eigenvalue weighted by atomic mass is 19.1. The molecule has 0 saturated carbocycles. The number of nitrogens with zero attached hydrogens (tertiary/aromatic N) is 2. The molecule has 2 aromatic carbocycles. The van der Waals surface area contributed by atoms with Gasteiger partial charge in [0.15, 0.2) is 0 Å². The lowest BCUT2D eigenvalue weighted by atomic mass is 10.3. The van der Waals surface area contributed by atoms with Gasteiger partial charge in [0, 0.05) is 32.7 Å². The average molecular weight is 344 g/mol. The van der Waals surface area contributed by atoms with Gasteiger partial charge in [-0.15, -0.1) is 0 Å². The lowest BCUT2D eigenvalue weighted by molar-refractivity contribution is 0.103. The fourth-order valence-corrected chi connectivity index (χ4v) is 2.63. The van der Waals surface area contributed by atoms with Crippen LogP contribution < -0.4 is 9.47 Å². The number of rotatable bonds is 5. The second kappa shape index (κ2) is 8.48. The van der Waals surface area contributed by atoms with Crippen molar-refractivity contribution < 1.29 is 18.7 Å². The number of ether oxygens (including phenoxy) is 2. The molecule has 1 heterocycles. The Morgan fingerprint density at radius 3 is 2.28 bits per heavy atom. The van der Waals surface area contributed by atoms with Crippen LogP contribution in [0.3, 0.4) is 0 Å². The van der Waals surface area contributed by atoms with Crippen molar-refractivity contribution in [2.75, 3.05) is 39.3 Å². The SMILES string of the molecule is O=C(Oc1ccccc1)N1CCN(CCOc2ccc(F)cc2)CC1. The second-order valence-electron chi connectivity index (χ2n) is 5.81. The number of benzene rings is 2. The van der Waals surface area contributed by atoms with Gasteiger partial charge in [-0.1, -0.05) is 18.2 Å². The third kappa shape index (κ3) is 5.19. The van der Waals surface area contributed by atoms with Crippen LogP contribution in [0.25, 0.3) is 0 Å². The van der Waals surface area contributed by atoms with E-state index >= 15 is 0 Å². The highest BCUT2D eigenvalue weighted by Gasteiger charge is 2.22. The summed E-state index contributed by atoms with van der Waals surface area (Å²) in [6.45, 7) is 4.09. The molecule has 132 valence electrons. The topological polar surface area (TPSA) is 42.0 Å². The molecule has 2 aromatic rings. The molecule has 0 radical (unpaired) electrons. The Morgan fingerprint density at radius 2 is 1.60 bits per heavy atom. The minimum absolute atomic E-state index is 0.272. The van der Waals surface area contributed by atoms with Gasteiger partial charge in [-0.05, 0) is 36.4 Å². The standard InChI is InChI=1S/C19H21FN2O3/c20-16-6-8-17(9-7-16)24-15-14-21-10-12-22(13-11-21)19(23)25-18-4-2-1-3-5-18/h1-9H,10-15H2. The molecule has 1 fully saturated rings. The van der Waals surface area contributed by atoms with Gasteiger partial charge in [-0.2, -0.15) is 0 Å². The molecule has 25 heavy (non-hydrogen) atoms. The summed E-state index contributed by atoms with van der Waals surface area (Å²) < 4.78 is 23.8. The number of carbonyl (C=O) groups excluding carboxylic acids is 1. The predicted molar refractivity (Wildman–Crippen MR) is 92.4 cm³/mol. The smallest absolute Gasteiger partial charge is 0.415 e. The highest BCUT2D eigenvalue weighted by Crippen LogP contribution is 2.13. The van der Waals surface area contributed by atoms with Gasteiger partial charge < -0.3 is 14.4 Å². The molecule has 1 aliphatic rings. The van der Waals surface area contributed by atoms with Crippen LogP contribution in [0.5, 0.6) is 11.5 Å². The van der Waals surface area contributed by atoms with E-state index in [2.05, 4.69) is 4.90 Å². The molecule has 0 unspecified atom stereocenters. The third-order valence-corrected chi connectivity index (χ3v) is 4.07. The predicted octanol–water partition coefficient (Wildman–Crippen LogP) is 3.02. The Balaban J connectivity index is 1.37. The first kappa shape index (κ1) is 17.2. The number of hydrogen-bond donors (Lipinski definition) is 0. The summed E-state index contributed by atoms with van der Waals surface area (Å²) >= 11 is 0. The number of piperazine rings is 1. The summed E-state index contributed by atoms with van der Waals surface area (Å²) in [7, 11) is 0. The summed E-state index contributed by atoms with van der Waals surface area (Å²) in [6.07, 6.45) is -0.312. The van der Waals surface area contributed by atoms with E-state index in [1.54, 1.807) is 29.2 Å². The Bertz CT molecular complexity index is 671. The first-order chi connectivity index (χ1) is 12.2. The maximum atomic E-state index is 12.8. The molecule has 0 aliphatic carbocycles. The van der Waals surface area contributed by atoms with E-state index in [4.69, 9.17) is 9.47 Å². The average Bonchev–Trinajstić information content (AvgIpc) is 2.65. The molecule has 3 rings (SSSR count). The van der Waals surface area contributed by atoms with Crippen LogP contribution in [-0.2, 0) is 0 Å². The second-order valence-corrected chi connectivity index (χ2v) is 5.81. The van der Waals surface area contributed by atoms with Gasteiger partial charge in [0.25, 0.3) is 0 Å². The number of amides is 1. The minimum Gasteiger partial charge on any atom is -0.492 e. The zero-order chi connectivity index (χ0) is 17.5. The van der Waals surface area contributed by atoms with Crippen molar-refractivity contribution in [1.82, 2.24) is 9.80 Å². The summed E-state index contributed by atoms with van der Waals surface area (Å²) in [4.78, 5) is 16.1. The van der Waals surface area contributed by atoms with E-state index in [1.165, 1.54) is 12.1 Å².